The maximum absolute atomic E-state index is 12.2. The molecule has 3 aromatic heterocycles. The predicted molar refractivity (Wildman–Crippen MR) is 97.7 cm³/mol. The summed E-state index contributed by atoms with van der Waals surface area (Å²) in [7, 11) is 3.78. The van der Waals surface area contributed by atoms with Gasteiger partial charge in [0.25, 0.3) is 0 Å². The van der Waals surface area contributed by atoms with Gasteiger partial charge in [-0.05, 0) is 19.4 Å². The first-order valence-corrected chi connectivity index (χ1v) is 8.82. The first-order chi connectivity index (χ1) is 12.5. The molecule has 0 saturated carbocycles. The van der Waals surface area contributed by atoms with Gasteiger partial charge in [0.15, 0.2) is 5.82 Å². The van der Waals surface area contributed by atoms with Crippen LogP contribution in [0.15, 0.2) is 30.9 Å². The fourth-order valence-corrected chi connectivity index (χ4v) is 3.83. The van der Waals surface area contributed by atoms with Gasteiger partial charge >= 0.3 is 0 Å². The molecule has 1 fully saturated rings. The second kappa shape index (κ2) is 6.44. The third-order valence-electron chi connectivity index (χ3n) is 5.10. The van der Waals surface area contributed by atoms with Crippen LogP contribution < -0.4 is 5.32 Å². The van der Waals surface area contributed by atoms with Gasteiger partial charge in [-0.1, -0.05) is 0 Å². The Hall–Kier alpha value is -2.90. The molecular formula is C18H23N7O. The average Bonchev–Trinajstić information content (AvgIpc) is 3.20. The monoisotopic (exact) mass is 353 g/mol. The zero-order valence-electron chi connectivity index (χ0n) is 15.3. The topological polar surface area (TPSA) is 80.4 Å². The molecule has 26 heavy (non-hydrogen) atoms. The molecule has 8 heteroatoms. The highest BCUT2D eigenvalue weighted by atomic mass is 16.2. The number of hydrogen-bond acceptors (Lipinski definition) is 5. The van der Waals surface area contributed by atoms with E-state index < -0.39 is 0 Å². The summed E-state index contributed by atoms with van der Waals surface area (Å²) in [6.45, 7) is 2.70. The quantitative estimate of drug-likeness (QED) is 0.773. The number of fused-ring (bicyclic) bond motifs is 1. The van der Waals surface area contributed by atoms with E-state index in [1.165, 1.54) is 0 Å². The van der Waals surface area contributed by atoms with Crippen molar-refractivity contribution in [3.8, 4) is 0 Å². The van der Waals surface area contributed by atoms with Gasteiger partial charge in [0.1, 0.15) is 5.52 Å². The lowest BCUT2D eigenvalue weighted by atomic mass is 9.85. The van der Waals surface area contributed by atoms with Gasteiger partial charge in [-0.15, -0.1) is 0 Å². The number of carbonyl (C=O) groups excluding carboxylic acids is 1. The average molecular weight is 353 g/mol. The van der Waals surface area contributed by atoms with Crippen LogP contribution in [0.2, 0.25) is 0 Å². The van der Waals surface area contributed by atoms with Gasteiger partial charge in [-0.3, -0.25) is 9.48 Å². The van der Waals surface area contributed by atoms with Crippen molar-refractivity contribution >= 4 is 17.2 Å². The van der Waals surface area contributed by atoms with Crippen LogP contribution in [0, 0.1) is 12.8 Å². The minimum atomic E-state index is 0.0174. The number of hydrogen-bond donors (Lipinski definition) is 1. The van der Waals surface area contributed by atoms with Crippen LogP contribution >= 0.6 is 0 Å². The molecule has 0 bridgehead atoms. The smallest absolute Gasteiger partial charge is 0.222 e. The largest absolute Gasteiger partial charge is 0.368 e. The van der Waals surface area contributed by atoms with Crippen molar-refractivity contribution in [2.75, 3.05) is 18.9 Å². The van der Waals surface area contributed by atoms with E-state index in [4.69, 9.17) is 0 Å². The molecule has 1 amide bonds. The van der Waals surface area contributed by atoms with Crippen molar-refractivity contribution in [2.45, 2.75) is 25.8 Å². The van der Waals surface area contributed by atoms with Crippen molar-refractivity contribution in [1.82, 2.24) is 29.3 Å². The fourth-order valence-electron chi connectivity index (χ4n) is 3.83. The van der Waals surface area contributed by atoms with Crippen LogP contribution in [-0.2, 0) is 11.8 Å². The van der Waals surface area contributed by atoms with E-state index in [9.17, 15) is 4.79 Å². The third kappa shape index (κ3) is 2.91. The van der Waals surface area contributed by atoms with Crippen molar-refractivity contribution in [2.24, 2.45) is 13.0 Å². The number of amides is 1. The van der Waals surface area contributed by atoms with Gasteiger partial charge in [0, 0.05) is 57.1 Å². The van der Waals surface area contributed by atoms with Gasteiger partial charge < -0.3 is 10.2 Å². The van der Waals surface area contributed by atoms with Gasteiger partial charge in [-0.2, -0.15) is 10.2 Å². The van der Waals surface area contributed by atoms with Crippen LogP contribution in [0.1, 0.15) is 30.1 Å². The molecule has 1 N–H and O–H groups in total. The summed E-state index contributed by atoms with van der Waals surface area (Å²) in [5, 5.41) is 12.2. The van der Waals surface area contributed by atoms with Crippen LogP contribution in [0.3, 0.4) is 0 Å². The van der Waals surface area contributed by atoms with Crippen molar-refractivity contribution in [1.29, 1.82) is 0 Å². The number of nitrogens with zero attached hydrogens (tertiary/aromatic N) is 6. The minimum absolute atomic E-state index is 0.0174. The molecule has 1 aliphatic heterocycles. The molecular weight excluding hydrogens is 330 g/mol. The Morgan fingerprint density at radius 1 is 1.35 bits per heavy atom. The molecule has 2 atom stereocenters. The van der Waals surface area contributed by atoms with E-state index in [-0.39, 0.29) is 17.9 Å². The number of likely N-dealkylation sites (tertiary alicyclic amines) is 1. The van der Waals surface area contributed by atoms with E-state index in [2.05, 4.69) is 20.5 Å². The standard InChI is InChI=1S/C18H23N7O/c1-12-8-15-18(19-6-7-25(15)22-12)20-9-13-4-5-16(26)24(3)17(13)14-10-21-23(2)11-14/h6-8,10-11,13,17H,4-5,9H2,1-3H3,(H,19,20)/t13-,17+/m1/s1. The summed E-state index contributed by atoms with van der Waals surface area (Å²) in [4.78, 5) is 18.6. The molecule has 4 rings (SSSR count). The predicted octanol–water partition coefficient (Wildman–Crippen LogP) is 1.79. The van der Waals surface area contributed by atoms with Crippen LogP contribution in [0.25, 0.3) is 5.52 Å². The summed E-state index contributed by atoms with van der Waals surface area (Å²) in [6.07, 6.45) is 8.86. The van der Waals surface area contributed by atoms with E-state index in [0.29, 0.717) is 6.42 Å². The molecule has 0 radical (unpaired) electrons. The summed E-state index contributed by atoms with van der Waals surface area (Å²) >= 11 is 0. The number of nitrogens with one attached hydrogen (secondary N) is 1. The van der Waals surface area contributed by atoms with Crippen LogP contribution in [0.4, 0.5) is 5.82 Å². The number of piperidine rings is 1. The van der Waals surface area contributed by atoms with Gasteiger partial charge in [0.2, 0.25) is 5.91 Å². The zero-order chi connectivity index (χ0) is 18.3. The lowest BCUT2D eigenvalue weighted by Gasteiger charge is -2.38. The summed E-state index contributed by atoms with van der Waals surface area (Å²) in [5.74, 6) is 1.28. The molecule has 1 saturated heterocycles. The summed E-state index contributed by atoms with van der Waals surface area (Å²) < 4.78 is 3.61. The normalized spacial score (nSPS) is 20.7. The third-order valence-corrected chi connectivity index (χ3v) is 5.10. The number of carbonyl (C=O) groups is 1. The molecule has 4 heterocycles. The maximum atomic E-state index is 12.2. The molecule has 0 spiro atoms. The first-order valence-electron chi connectivity index (χ1n) is 8.82. The Bertz CT molecular complexity index is 944. The van der Waals surface area contributed by atoms with E-state index in [0.717, 1.165) is 35.6 Å². The molecule has 0 unspecified atom stereocenters. The Morgan fingerprint density at radius 2 is 2.19 bits per heavy atom. The van der Waals surface area contributed by atoms with Crippen LogP contribution in [-0.4, -0.2) is 48.8 Å². The van der Waals surface area contributed by atoms with Crippen molar-refractivity contribution in [3.63, 3.8) is 0 Å². The first kappa shape index (κ1) is 16.6. The van der Waals surface area contributed by atoms with E-state index in [1.807, 2.05) is 55.1 Å². The molecule has 8 nitrogen and oxygen atoms in total. The second-order valence-electron chi connectivity index (χ2n) is 6.97. The highest BCUT2D eigenvalue weighted by Gasteiger charge is 2.35. The van der Waals surface area contributed by atoms with Crippen molar-refractivity contribution < 1.29 is 4.79 Å². The lowest BCUT2D eigenvalue weighted by molar-refractivity contribution is -0.136. The van der Waals surface area contributed by atoms with Crippen molar-refractivity contribution in [3.05, 3.63) is 42.1 Å². The second-order valence-corrected chi connectivity index (χ2v) is 6.97. The van der Waals surface area contributed by atoms with Gasteiger partial charge in [-0.25, -0.2) is 9.50 Å². The van der Waals surface area contributed by atoms with Crippen LogP contribution in [0.5, 0.6) is 0 Å². The van der Waals surface area contributed by atoms with Gasteiger partial charge in [0.05, 0.1) is 17.9 Å². The Morgan fingerprint density at radius 3 is 2.96 bits per heavy atom. The molecule has 0 aromatic carbocycles. The SMILES string of the molecule is Cc1cc2c(NC[C@H]3CCC(=O)N(C)[C@@H]3c3cnn(C)c3)nccn2n1. The molecule has 136 valence electrons. The minimum Gasteiger partial charge on any atom is -0.368 e. The number of aryl methyl sites for hydroxylation is 2. The number of anilines is 1. The molecule has 3 aromatic rings. The Kier molecular flexibility index (Phi) is 4.10. The van der Waals surface area contributed by atoms with E-state index >= 15 is 0 Å². The lowest BCUT2D eigenvalue weighted by Crippen LogP contribution is -2.42. The maximum Gasteiger partial charge on any atom is 0.222 e. The Balaban J connectivity index is 1.58. The fraction of sp³-hybridized carbons (Fsp3) is 0.444. The Labute approximate surface area is 151 Å². The summed E-state index contributed by atoms with van der Waals surface area (Å²) in [5.41, 5.74) is 2.99. The highest BCUT2D eigenvalue weighted by molar-refractivity contribution is 5.77. The molecule has 0 aliphatic carbocycles. The molecule has 1 aliphatic rings. The highest BCUT2D eigenvalue weighted by Crippen LogP contribution is 2.35. The number of rotatable bonds is 4. The zero-order valence-corrected chi connectivity index (χ0v) is 15.3. The number of aromatic nitrogens is 5. The summed E-state index contributed by atoms with van der Waals surface area (Å²) in [6, 6.07) is 2.04. The van der Waals surface area contributed by atoms with E-state index in [1.54, 1.807) is 10.9 Å².